The molecule has 0 aliphatic heterocycles. The summed E-state index contributed by atoms with van der Waals surface area (Å²) in [4.78, 5) is 22.1. The van der Waals surface area contributed by atoms with Crippen LogP contribution in [-0.2, 0) is 11.3 Å². The number of hydrogen-bond acceptors (Lipinski definition) is 5. The third-order valence-electron chi connectivity index (χ3n) is 2.82. The molecule has 2 aromatic rings. The number of nitro benzene ring substituents is 1. The number of hydrogen-bond donors (Lipinski definition) is 0. The maximum atomic E-state index is 11.9. The Morgan fingerprint density at radius 2 is 1.64 bits per heavy atom. The Morgan fingerprint density at radius 3 is 2.16 bits per heavy atom. The van der Waals surface area contributed by atoms with E-state index in [9.17, 15) is 14.9 Å². The third-order valence-corrected chi connectivity index (χ3v) is 2.82. The van der Waals surface area contributed by atoms with E-state index in [4.69, 9.17) is 9.47 Å². The number of esters is 1. The highest BCUT2D eigenvalue weighted by atomic mass is 16.6. The SMILES string of the molecule is CC.CC.COc1cc(C(=O)OCc2ccccc2)ccc1[N+](=O)[O-]. The minimum atomic E-state index is -0.572. The van der Waals surface area contributed by atoms with Crippen LogP contribution < -0.4 is 4.74 Å². The Balaban J connectivity index is 0.00000134. The standard InChI is InChI=1S/C15H13NO5.2C2H6/c1-20-14-9-12(7-8-13(14)16(18)19)15(17)21-10-11-5-3-2-4-6-11;2*1-2/h2-9H,10H2,1H3;2*1-2H3. The Bertz CT molecular complexity index is 656. The van der Waals surface area contributed by atoms with Gasteiger partial charge in [-0.25, -0.2) is 4.79 Å². The topological polar surface area (TPSA) is 78.7 Å². The molecule has 0 atom stereocenters. The highest BCUT2D eigenvalue weighted by molar-refractivity contribution is 5.90. The number of rotatable bonds is 5. The first-order valence-corrected chi connectivity index (χ1v) is 8.15. The summed E-state index contributed by atoms with van der Waals surface area (Å²) in [5.74, 6) is -0.541. The molecule has 2 aromatic carbocycles. The molecule has 2 rings (SSSR count). The molecular weight excluding hydrogens is 322 g/mol. The van der Waals surface area contributed by atoms with E-state index in [0.717, 1.165) is 5.56 Å². The Kier molecular flexibility index (Phi) is 11.1. The van der Waals surface area contributed by atoms with E-state index in [-0.39, 0.29) is 23.6 Å². The molecule has 0 aliphatic carbocycles. The van der Waals surface area contributed by atoms with Crippen LogP contribution in [0.1, 0.15) is 43.6 Å². The van der Waals surface area contributed by atoms with Crippen LogP contribution in [0.3, 0.4) is 0 Å². The van der Waals surface area contributed by atoms with Gasteiger partial charge in [-0.2, -0.15) is 0 Å². The lowest BCUT2D eigenvalue weighted by atomic mass is 10.2. The second-order valence-electron chi connectivity index (χ2n) is 4.21. The van der Waals surface area contributed by atoms with Gasteiger partial charge in [0, 0.05) is 12.1 Å². The lowest BCUT2D eigenvalue weighted by molar-refractivity contribution is -0.385. The monoisotopic (exact) mass is 347 g/mol. The lowest BCUT2D eigenvalue weighted by Gasteiger charge is -2.07. The zero-order valence-electron chi connectivity index (χ0n) is 15.3. The van der Waals surface area contributed by atoms with Crippen molar-refractivity contribution in [1.82, 2.24) is 0 Å². The van der Waals surface area contributed by atoms with Crippen LogP contribution >= 0.6 is 0 Å². The van der Waals surface area contributed by atoms with E-state index in [1.54, 1.807) is 0 Å². The van der Waals surface area contributed by atoms with E-state index in [2.05, 4.69) is 0 Å². The Morgan fingerprint density at radius 1 is 1.04 bits per heavy atom. The molecule has 0 saturated heterocycles. The molecular formula is C19H25NO5. The van der Waals surface area contributed by atoms with Crippen molar-refractivity contribution >= 4 is 11.7 Å². The maximum Gasteiger partial charge on any atom is 0.338 e. The molecule has 0 spiro atoms. The summed E-state index contributed by atoms with van der Waals surface area (Å²) in [5, 5.41) is 10.8. The predicted molar refractivity (Wildman–Crippen MR) is 97.9 cm³/mol. The van der Waals surface area contributed by atoms with Gasteiger partial charge in [-0.1, -0.05) is 58.0 Å². The Hall–Kier alpha value is -2.89. The van der Waals surface area contributed by atoms with E-state index in [1.807, 2.05) is 58.0 Å². The zero-order chi connectivity index (χ0) is 19.2. The molecule has 0 N–H and O–H groups in total. The van der Waals surface area contributed by atoms with E-state index < -0.39 is 10.9 Å². The van der Waals surface area contributed by atoms with Gasteiger partial charge in [-0.05, 0) is 11.6 Å². The fourth-order valence-electron chi connectivity index (χ4n) is 1.76. The molecule has 0 amide bonds. The highest BCUT2D eigenvalue weighted by Crippen LogP contribution is 2.27. The van der Waals surface area contributed by atoms with E-state index in [1.165, 1.54) is 25.3 Å². The van der Waals surface area contributed by atoms with Crippen molar-refractivity contribution < 1.29 is 19.2 Å². The van der Waals surface area contributed by atoms with Gasteiger partial charge in [0.15, 0.2) is 5.75 Å². The number of carbonyl (C=O) groups excluding carboxylic acids is 1. The van der Waals surface area contributed by atoms with Crippen LogP contribution in [0.25, 0.3) is 0 Å². The van der Waals surface area contributed by atoms with Gasteiger partial charge in [-0.3, -0.25) is 10.1 Å². The molecule has 0 radical (unpaired) electrons. The second-order valence-corrected chi connectivity index (χ2v) is 4.21. The lowest BCUT2D eigenvalue weighted by Crippen LogP contribution is -2.06. The fourth-order valence-corrected chi connectivity index (χ4v) is 1.76. The average Bonchev–Trinajstić information content (AvgIpc) is 2.69. The molecule has 6 heteroatoms. The summed E-state index contributed by atoms with van der Waals surface area (Å²) in [5.41, 5.74) is 0.866. The quantitative estimate of drug-likeness (QED) is 0.431. The molecule has 0 bridgehead atoms. The van der Waals surface area contributed by atoms with Crippen molar-refractivity contribution in [2.45, 2.75) is 34.3 Å². The smallest absolute Gasteiger partial charge is 0.338 e. The van der Waals surface area contributed by atoms with Crippen molar-refractivity contribution in [3.05, 3.63) is 69.8 Å². The summed E-state index contributed by atoms with van der Waals surface area (Å²) in [7, 11) is 1.31. The normalized spacial score (nSPS) is 8.84. The van der Waals surface area contributed by atoms with Crippen LogP contribution in [-0.4, -0.2) is 18.0 Å². The first kappa shape index (κ1) is 22.1. The van der Waals surface area contributed by atoms with Gasteiger partial charge in [0.05, 0.1) is 17.6 Å². The number of nitro groups is 1. The summed E-state index contributed by atoms with van der Waals surface area (Å²) < 4.78 is 10.1. The van der Waals surface area contributed by atoms with Crippen LogP contribution in [0.2, 0.25) is 0 Å². The van der Waals surface area contributed by atoms with E-state index in [0.29, 0.717) is 0 Å². The summed E-state index contributed by atoms with van der Waals surface area (Å²) >= 11 is 0. The number of ether oxygens (including phenoxy) is 2. The van der Waals surface area contributed by atoms with E-state index >= 15 is 0 Å². The van der Waals surface area contributed by atoms with Crippen molar-refractivity contribution in [1.29, 1.82) is 0 Å². The van der Waals surface area contributed by atoms with Crippen molar-refractivity contribution in [2.24, 2.45) is 0 Å². The molecule has 0 fully saturated rings. The van der Waals surface area contributed by atoms with Crippen LogP contribution in [0.5, 0.6) is 5.75 Å². The molecule has 0 saturated carbocycles. The highest BCUT2D eigenvalue weighted by Gasteiger charge is 2.18. The number of nitrogens with zero attached hydrogens (tertiary/aromatic N) is 1. The minimum Gasteiger partial charge on any atom is -0.490 e. The first-order chi connectivity index (χ1) is 12.1. The number of benzene rings is 2. The molecule has 6 nitrogen and oxygen atoms in total. The summed E-state index contributed by atoms with van der Waals surface area (Å²) in [6.07, 6.45) is 0. The molecule has 136 valence electrons. The van der Waals surface area contributed by atoms with Gasteiger partial charge in [0.2, 0.25) is 0 Å². The van der Waals surface area contributed by atoms with Gasteiger partial charge in [0.25, 0.3) is 0 Å². The predicted octanol–water partition coefficient (Wildman–Crippen LogP) is 5.01. The summed E-state index contributed by atoms with van der Waals surface area (Å²) in [6.45, 7) is 8.14. The molecule has 0 aromatic heterocycles. The average molecular weight is 347 g/mol. The van der Waals surface area contributed by atoms with Crippen molar-refractivity contribution in [3.63, 3.8) is 0 Å². The zero-order valence-corrected chi connectivity index (χ0v) is 15.3. The van der Waals surface area contributed by atoms with Crippen LogP contribution in [0.4, 0.5) is 5.69 Å². The molecule has 0 heterocycles. The van der Waals surface area contributed by atoms with Crippen LogP contribution in [0, 0.1) is 10.1 Å². The third kappa shape index (κ3) is 7.03. The van der Waals surface area contributed by atoms with Gasteiger partial charge in [0.1, 0.15) is 6.61 Å². The van der Waals surface area contributed by atoms with Gasteiger partial charge >= 0.3 is 11.7 Å². The van der Waals surface area contributed by atoms with Gasteiger partial charge in [-0.15, -0.1) is 0 Å². The van der Waals surface area contributed by atoms with Crippen molar-refractivity contribution in [2.75, 3.05) is 7.11 Å². The molecule has 0 aliphatic rings. The number of carbonyl (C=O) groups is 1. The second kappa shape index (κ2) is 12.5. The first-order valence-electron chi connectivity index (χ1n) is 8.15. The Labute approximate surface area is 148 Å². The fraction of sp³-hybridized carbons (Fsp3) is 0.316. The van der Waals surface area contributed by atoms with Crippen molar-refractivity contribution in [3.8, 4) is 5.75 Å². The number of methoxy groups -OCH3 is 1. The van der Waals surface area contributed by atoms with Gasteiger partial charge < -0.3 is 9.47 Å². The molecule has 0 unspecified atom stereocenters. The van der Waals surface area contributed by atoms with Crippen LogP contribution in [0.15, 0.2) is 48.5 Å². The summed E-state index contributed by atoms with van der Waals surface area (Å²) in [6, 6.07) is 13.1. The molecule has 25 heavy (non-hydrogen) atoms. The maximum absolute atomic E-state index is 11.9. The minimum absolute atomic E-state index is 0.0224. The largest absolute Gasteiger partial charge is 0.490 e.